The first-order chi connectivity index (χ1) is 13.2. The molecule has 0 aromatic carbocycles. The maximum Gasteiger partial charge on any atom is 0.330 e. The average Bonchev–Trinajstić information content (AvgIpc) is 2.56. The summed E-state index contributed by atoms with van der Waals surface area (Å²) < 4.78 is 16.4. The van der Waals surface area contributed by atoms with Gasteiger partial charge >= 0.3 is 14.6 Å². The van der Waals surface area contributed by atoms with Gasteiger partial charge in [0.15, 0.2) is 0 Å². The molecule has 0 spiro atoms. The van der Waals surface area contributed by atoms with Crippen molar-refractivity contribution in [2.75, 3.05) is 48.0 Å². The minimum Gasteiger partial charge on any atom is -0.481 e. The number of carboxylic acids is 1. The number of likely N-dealkylation sites (N-methyl/N-ethyl adjacent to an activating group) is 1. The van der Waals surface area contributed by atoms with E-state index in [1.807, 2.05) is 21.1 Å². The molecule has 0 saturated heterocycles. The maximum atomic E-state index is 11.0. The number of rotatable bonds is 20. The van der Waals surface area contributed by atoms with Crippen molar-refractivity contribution in [2.45, 2.75) is 76.7 Å². The topological polar surface area (TPSA) is 85.2 Å². The SMILES string of the molecule is COCCCCCCCCCCCCO[P@](O)OC(CC(=O)O)C[N+](C)(C)C. The summed E-state index contributed by atoms with van der Waals surface area (Å²) in [5.74, 6) is -0.933. The van der Waals surface area contributed by atoms with Crippen LogP contribution in [0, 0.1) is 0 Å². The Hall–Kier alpha value is -0.300. The van der Waals surface area contributed by atoms with E-state index in [9.17, 15) is 9.69 Å². The largest absolute Gasteiger partial charge is 0.481 e. The highest BCUT2D eigenvalue weighted by atomic mass is 31.2. The number of nitrogens with zero attached hydrogens (tertiary/aromatic N) is 1. The van der Waals surface area contributed by atoms with Crippen LogP contribution in [0.1, 0.15) is 70.6 Å². The molecule has 168 valence electrons. The molecule has 0 aliphatic rings. The third kappa shape index (κ3) is 20.4. The van der Waals surface area contributed by atoms with Crippen LogP contribution >= 0.6 is 8.60 Å². The van der Waals surface area contributed by atoms with Crippen LogP contribution < -0.4 is 0 Å². The summed E-state index contributed by atoms with van der Waals surface area (Å²) >= 11 is 0. The Morgan fingerprint density at radius 2 is 1.36 bits per heavy atom. The van der Waals surface area contributed by atoms with Crippen molar-refractivity contribution in [1.82, 2.24) is 0 Å². The van der Waals surface area contributed by atoms with E-state index in [1.165, 1.54) is 51.4 Å². The molecular formula is C20H43NO6P+. The van der Waals surface area contributed by atoms with E-state index < -0.39 is 20.7 Å². The lowest BCUT2D eigenvalue weighted by atomic mass is 10.1. The van der Waals surface area contributed by atoms with Gasteiger partial charge in [-0.25, -0.2) is 0 Å². The first-order valence-electron chi connectivity index (χ1n) is 10.5. The molecule has 2 atom stereocenters. The second kappa shape index (κ2) is 17.5. The predicted molar refractivity (Wildman–Crippen MR) is 113 cm³/mol. The van der Waals surface area contributed by atoms with E-state index in [0.717, 1.165) is 19.4 Å². The van der Waals surface area contributed by atoms with Crippen LogP contribution in [0.25, 0.3) is 0 Å². The first-order valence-corrected chi connectivity index (χ1v) is 11.7. The van der Waals surface area contributed by atoms with Crippen molar-refractivity contribution >= 4 is 14.6 Å². The van der Waals surface area contributed by atoms with E-state index >= 15 is 0 Å². The summed E-state index contributed by atoms with van der Waals surface area (Å²) in [5.41, 5.74) is 0. The number of unbranched alkanes of at least 4 members (excludes halogenated alkanes) is 9. The van der Waals surface area contributed by atoms with Crippen LogP contribution in [-0.4, -0.2) is 74.6 Å². The highest BCUT2D eigenvalue weighted by molar-refractivity contribution is 7.40. The number of methoxy groups -OCH3 is 1. The van der Waals surface area contributed by atoms with Crippen LogP contribution in [0.5, 0.6) is 0 Å². The van der Waals surface area contributed by atoms with Crippen LogP contribution in [0.2, 0.25) is 0 Å². The molecule has 7 nitrogen and oxygen atoms in total. The number of ether oxygens (including phenoxy) is 1. The Kier molecular flexibility index (Phi) is 17.4. The van der Waals surface area contributed by atoms with Crippen LogP contribution in [0.15, 0.2) is 0 Å². The maximum absolute atomic E-state index is 11.0. The molecule has 28 heavy (non-hydrogen) atoms. The molecule has 0 rings (SSSR count). The van der Waals surface area contributed by atoms with Gasteiger partial charge in [0.2, 0.25) is 0 Å². The number of carbonyl (C=O) groups is 1. The van der Waals surface area contributed by atoms with Crippen molar-refractivity contribution in [3.63, 3.8) is 0 Å². The minimum absolute atomic E-state index is 0.134. The normalized spacial score (nSPS) is 14.2. The van der Waals surface area contributed by atoms with E-state index in [0.29, 0.717) is 17.6 Å². The number of carboxylic acid groups (broad SMARTS) is 1. The zero-order chi connectivity index (χ0) is 21.3. The van der Waals surface area contributed by atoms with Crippen molar-refractivity contribution in [3.05, 3.63) is 0 Å². The summed E-state index contributed by atoms with van der Waals surface area (Å²) in [6, 6.07) is 0. The second-order valence-corrected chi connectivity index (χ2v) is 9.34. The van der Waals surface area contributed by atoms with Gasteiger partial charge in [0.1, 0.15) is 12.6 Å². The van der Waals surface area contributed by atoms with Gasteiger partial charge in [-0.05, 0) is 12.8 Å². The number of hydrogen-bond acceptors (Lipinski definition) is 5. The van der Waals surface area contributed by atoms with Gasteiger partial charge < -0.3 is 28.3 Å². The first kappa shape index (κ1) is 27.7. The van der Waals surface area contributed by atoms with Crippen LogP contribution in [-0.2, 0) is 18.6 Å². The average molecular weight is 425 g/mol. The third-order valence-corrected chi connectivity index (χ3v) is 5.22. The Morgan fingerprint density at radius 3 is 1.79 bits per heavy atom. The number of aliphatic carboxylic acids is 1. The van der Waals surface area contributed by atoms with Gasteiger partial charge in [-0.15, -0.1) is 0 Å². The fourth-order valence-electron chi connectivity index (χ4n) is 3.00. The molecule has 0 saturated carbocycles. The Labute approximate surface area is 172 Å². The molecule has 0 bridgehead atoms. The van der Waals surface area contributed by atoms with E-state index in [-0.39, 0.29) is 6.42 Å². The minimum atomic E-state index is -2.03. The van der Waals surface area contributed by atoms with Gasteiger partial charge in [0, 0.05) is 13.7 Å². The van der Waals surface area contributed by atoms with Crippen molar-refractivity contribution < 1.29 is 33.1 Å². The van der Waals surface area contributed by atoms with Crippen molar-refractivity contribution in [3.8, 4) is 0 Å². The van der Waals surface area contributed by atoms with Gasteiger partial charge in [0.05, 0.1) is 34.2 Å². The summed E-state index contributed by atoms with van der Waals surface area (Å²) in [4.78, 5) is 20.9. The lowest BCUT2D eigenvalue weighted by Gasteiger charge is -2.29. The molecule has 0 radical (unpaired) electrons. The molecule has 0 fully saturated rings. The van der Waals surface area contributed by atoms with E-state index in [4.69, 9.17) is 18.9 Å². The highest BCUT2D eigenvalue weighted by Crippen LogP contribution is 2.36. The number of hydrogen-bond donors (Lipinski definition) is 2. The fourth-order valence-corrected chi connectivity index (χ4v) is 3.75. The van der Waals surface area contributed by atoms with Crippen molar-refractivity contribution in [2.24, 2.45) is 0 Å². The standard InChI is InChI=1S/C20H42NO6P/c1-21(2,3)18-19(17-20(22)23)27-28(24)26-16-14-12-10-8-6-5-7-9-11-13-15-25-4/h19,24H,5-18H2,1-4H3/p+1/t19?,28-/m0/s1. The summed E-state index contributed by atoms with van der Waals surface area (Å²) in [6.45, 7) is 1.83. The Bertz CT molecular complexity index is 378. The molecule has 0 aromatic rings. The van der Waals surface area contributed by atoms with Crippen molar-refractivity contribution in [1.29, 1.82) is 0 Å². The van der Waals surface area contributed by atoms with E-state index in [2.05, 4.69) is 0 Å². The Morgan fingerprint density at radius 1 is 0.893 bits per heavy atom. The summed E-state index contributed by atoms with van der Waals surface area (Å²) in [7, 11) is 5.60. The Balaban J connectivity index is 3.61. The lowest BCUT2D eigenvalue weighted by molar-refractivity contribution is -0.873. The molecule has 8 heteroatoms. The number of quaternary nitrogens is 1. The monoisotopic (exact) mass is 424 g/mol. The van der Waals surface area contributed by atoms with Gasteiger partial charge in [-0.2, -0.15) is 0 Å². The van der Waals surface area contributed by atoms with E-state index in [1.54, 1.807) is 7.11 Å². The van der Waals surface area contributed by atoms with Gasteiger partial charge in [-0.3, -0.25) is 4.79 Å². The molecular weight excluding hydrogens is 381 g/mol. The zero-order valence-electron chi connectivity index (χ0n) is 18.4. The van der Waals surface area contributed by atoms with Crippen LogP contribution in [0.4, 0.5) is 0 Å². The zero-order valence-corrected chi connectivity index (χ0v) is 19.3. The lowest BCUT2D eigenvalue weighted by Crippen LogP contribution is -2.42. The van der Waals surface area contributed by atoms with Gasteiger partial charge in [0.25, 0.3) is 0 Å². The molecule has 0 amide bonds. The fraction of sp³-hybridized carbons (Fsp3) is 0.950. The molecule has 0 aliphatic carbocycles. The summed E-state index contributed by atoms with van der Waals surface area (Å²) in [6.07, 6.45) is 11.3. The molecule has 2 N–H and O–H groups in total. The molecule has 0 heterocycles. The summed E-state index contributed by atoms with van der Waals surface area (Å²) in [5, 5.41) is 8.99. The second-order valence-electron chi connectivity index (χ2n) is 8.40. The molecule has 0 aromatic heterocycles. The third-order valence-electron chi connectivity index (χ3n) is 4.34. The smallest absolute Gasteiger partial charge is 0.330 e. The predicted octanol–water partition coefficient (Wildman–Crippen LogP) is 4.34. The van der Waals surface area contributed by atoms with Gasteiger partial charge in [-0.1, -0.05) is 51.4 Å². The highest BCUT2D eigenvalue weighted by Gasteiger charge is 2.25. The molecule has 1 unspecified atom stereocenters. The van der Waals surface area contributed by atoms with Crippen LogP contribution in [0.3, 0.4) is 0 Å². The molecule has 0 aliphatic heterocycles. The quantitative estimate of drug-likeness (QED) is 0.172.